The van der Waals surface area contributed by atoms with Crippen LogP contribution in [0.15, 0.2) is 24.3 Å². The maximum Gasteiger partial charge on any atom is 0.410 e. The smallest absolute Gasteiger partial charge is 0.410 e. The number of esters is 1. The molecule has 1 heterocycles. The van der Waals surface area contributed by atoms with Crippen molar-refractivity contribution in [1.29, 1.82) is 0 Å². The lowest BCUT2D eigenvalue weighted by Crippen LogP contribution is -3.12. The Labute approximate surface area is 280 Å². The molecule has 2 spiro atoms. The van der Waals surface area contributed by atoms with Crippen molar-refractivity contribution in [3.8, 4) is 0 Å². The Hall–Kier alpha value is -2.52. The number of piperazine rings is 1. The Kier molecular flexibility index (Phi) is 8.64. The third kappa shape index (κ3) is 5.07. The van der Waals surface area contributed by atoms with Gasteiger partial charge in [0.05, 0.1) is 39.8 Å². The summed E-state index contributed by atoms with van der Waals surface area (Å²) in [5.41, 5.74) is 0.0290. The predicted octanol–water partition coefficient (Wildman–Crippen LogP) is 3.65. The summed E-state index contributed by atoms with van der Waals surface area (Å²) in [7, 11) is 2.10. The monoisotopic (exact) mass is 653 g/mol. The molecule has 47 heavy (non-hydrogen) atoms. The van der Waals surface area contributed by atoms with Gasteiger partial charge >= 0.3 is 12.1 Å². The van der Waals surface area contributed by atoms with Crippen LogP contribution in [0.1, 0.15) is 80.1 Å². The lowest BCUT2D eigenvalue weighted by molar-refractivity contribution is -0.883. The zero-order valence-corrected chi connectivity index (χ0v) is 29.6. The summed E-state index contributed by atoms with van der Waals surface area (Å²) in [5, 5.41) is 11.7. The first-order chi connectivity index (χ1) is 22.0. The van der Waals surface area contributed by atoms with Gasteiger partial charge in [-0.1, -0.05) is 47.3 Å². The molecule has 0 bridgehead atoms. The molecule has 4 saturated carbocycles. The highest BCUT2D eigenvalue weighted by molar-refractivity contribution is 5.98. The number of nitrogens with one attached hydrogen (secondary N) is 1. The number of aliphatic hydroxyl groups excluding tert-OH is 1. The molecule has 0 aromatic heterocycles. The van der Waals surface area contributed by atoms with E-state index < -0.39 is 29.8 Å². The summed E-state index contributed by atoms with van der Waals surface area (Å²) < 4.78 is 11.7. The molecule has 0 radical (unpaired) electrons. The van der Waals surface area contributed by atoms with Gasteiger partial charge in [-0.3, -0.25) is 19.3 Å². The van der Waals surface area contributed by atoms with Gasteiger partial charge in [0.15, 0.2) is 11.6 Å². The topological polar surface area (TPSA) is 115 Å². The minimum absolute atomic E-state index is 0.0180. The molecular formula is C38H57N2O7+. The minimum Gasteiger partial charge on any atom is -0.462 e. The van der Waals surface area contributed by atoms with E-state index in [2.05, 4.69) is 40.5 Å². The molecule has 6 rings (SSSR count). The Morgan fingerprint density at radius 3 is 2.47 bits per heavy atom. The molecule has 6 aliphatic rings. The van der Waals surface area contributed by atoms with Crippen LogP contribution < -0.4 is 4.90 Å². The van der Waals surface area contributed by atoms with Gasteiger partial charge in [-0.15, -0.1) is 0 Å². The van der Waals surface area contributed by atoms with Crippen molar-refractivity contribution in [2.75, 3.05) is 39.8 Å². The second-order valence-corrected chi connectivity index (χ2v) is 17.0. The van der Waals surface area contributed by atoms with Crippen molar-refractivity contribution in [2.45, 2.75) is 92.3 Å². The molecule has 9 heteroatoms. The van der Waals surface area contributed by atoms with Gasteiger partial charge in [-0.2, -0.15) is 0 Å². The Morgan fingerprint density at radius 1 is 1.13 bits per heavy atom. The van der Waals surface area contributed by atoms with Crippen LogP contribution in [0.25, 0.3) is 0 Å². The fraction of sp³-hybridized carbons (Fsp3) is 0.789. The molecule has 260 valence electrons. The van der Waals surface area contributed by atoms with Crippen molar-refractivity contribution in [3.63, 3.8) is 0 Å². The second kappa shape index (κ2) is 11.8. The average molecular weight is 654 g/mol. The number of Topliss-reactive ketones (excluding diaryl/α,β-unsaturated/α-hetero) is 1. The summed E-state index contributed by atoms with van der Waals surface area (Å²) >= 11 is 0. The molecule has 9 nitrogen and oxygen atoms in total. The van der Waals surface area contributed by atoms with Gasteiger partial charge in [0.25, 0.3) is 0 Å². The number of hydrogen-bond acceptors (Lipinski definition) is 7. The number of rotatable bonds is 8. The van der Waals surface area contributed by atoms with Crippen molar-refractivity contribution in [2.24, 2.45) is 57.2 Å². The largest absolute Gasteiger partial charge is 0.462 e. The van der Waals surface area contributed by atoms with Crippen LogP contribution in [0.2, 0.25) is 0 Å². The van der Waals surface area contributed by atoms with Crippen LogP contribution in [0.3, 0.4) is 0 Å². The number of carbonyl (C=O) groups is 4. The maximum absolute atomic E-state index is 13.8. The zero-order valence-electron chi connectivity index (χ0n) is 29.6. The molecule has 1 aliphatic heterocycles. The number of ketones is 2. The molecule has 0 unspecified atom stereocenters. The highest BCUT2D eigenvalue weighted by Crippen LogP contribution is 2.87. The van der Waals surface area contributed by atoms with Crippen LogP contribution in [-0.2, 0) is 23.9 Å². The minimum atomic E-state index is -1.32. The summed E-state index contributed by atoms with van der Waals surface area (Å²) in [6.45, 7) is 19.0. The van der Waals surface area contributed by atoms with E-state index in [-0.39, 0.29) is 63.5 Å². The molecular weight excluding hydrogens is 596 g/mol. The van der Waals surface area contributed by atoms with E-state index in [4.69, 9.17) is 9.47 Å². The van der Waals surface area contributed by atoms with Crippen LogP contribution in [-0.4, -0.2) is 85.7 Å². The lowest BCUT2D eigenvalue weighted by atomic mass is 9.43. The highest BCUT2D eigenvalue weighted by Gasteiger charge is 2.81. The summed E-state index contributed by atoms with van der Waals surface area (Å²) in [6, 6.07) is 0. The number of carbonyl (C=O) groups excluding carboxylic acids is 4. The van der Waals surface area contributed by atoms with Crippen LogP contribution in [0, 0.1) is 57.2 Å². The van der Waals surface area contributed by atoms with Gasteiger partial charge in [0, 0.05) is 24.7 Å². The number of amides is 1. The predicted molar refractivity (Wildman–Crippen MR) is 176 cm³/mol. The molecule has 1 saturated heterocycles. The maximum atomic E-state index is 13.8. The summed E-state index contributed by atoms with van der Waals surface area (Å²) in [5.74, 6) is -0.836. The number of quaternary nitrogens is 1. The van der Waals surface area contributed by atoms with Crippen LogP contribution in [0.5, 0.6) is 0 Å². The van der Waals surface area contributed by atoms with E-state index in [1.807, 2.05) is 13.0 Å². The first kappa shape index (κ1) is 34.3. The van der Waals surface area contributed by atoms with E-state index >= 15 is 0 Å². The molecule has 5 fully saturated rings. The van der Waals surface area contributed by atoms with Crippen molar-refractivity contribution < 1.29 is 38.7 Å². The van der Waals surface area contributed by atoms with Crippen LogP contribution >= 0.6 is 0 Å². The Balaban J connectivity index is 1.19. The molecule has 0 aromatic rings. The molecule has 12 atom stereocenters. The van der Waals surface area contributed by atoms with Crippen molar-refractivity contribution in [1.82, 2.24) is 4.90 Å². The number of nitrogens with zero attached hydrogens (tertiary/aromatic N) is 1. The van der Waals surface area contributed by atoms with Crippen molar-refractivity contribution >= 4 is 23.6 Å². The third-order valence-electron chi connectivity index (χ3n) is 14.9. The number of hydrogen-bond donors (Lipinski definition) is 2. The number of likely N-dealkylation sites (N-methyl/N-ethyl adjacent to an activating group) is 1. The van der Waals surface area contributed by atoms with E-state index in [9.17, 15) is 24.3 Å². The fourth-order valence-corrected chi connectivity index (χ4v) is 12.0. The Bertz CT molecular complexity index is 1370. The standard InChI is InChI=1S/C38H56N2O7/c1-22(20-46-34(45)40-17-15-39(8)16-18-40)23(2)32(43)33(44)25(4)31-29(47-26(5)41)19-36(7)30-10-9-27-24(3)28(42)11-12-37(27)21-38(30,37)14-13-35(31,36)6/h11-12,22,24-25,27,29-31,33,44H,2,9-10,13-21H2,1,3-8H3/p+1/t22-,24-,25-,27-,29-,30-,31-,33+,35+,36-,37+,38-/m0/s1. The first-order valence-electron chi connectivity index (χ1n) is 18.1. The number of ether oxygens (including phenoxy) is 2. The highest BCUT2D eigenvalue weighted by atomic mass is 16.6. The van der Waals surface area contributed by atoms with Crippen LogP contribution in [0.4, 0.5) is 4.79 Å². The van der Waals surface area contributed by atoms with E-state index in [1.54, 1.807) is 11.8 Å². The fourth-order valence-electron chi connectivity index (χ4n) is 12.0. The van der Waals surface area contributed by atoms with Crippen molar-refractivity contribution in [3.05, 3.63) is 24.3 Å². The van der Waals surface area contributed by atoms with E-state index in [0.29, 0.717) is 31.3 Å². The molecule has 0 aromatic carbocycles. The number of allylic oxidation sites excluding steroid dienone is 2. The normalized spacial score (nSPS) is 42.6. The first-order valence-corrected chi connectivity index (χ1v) is 18.1. The molecule has 2 N–H and O–H groups in total. The average Bonchev–Trinajstić information content (AvgIpc) is 3.64. The van der Waals surface area contributed by atoms with Gasteiger partial charge in [-0.25, -0.2) is 4.79 Å². The van der Waals surface area contributed by atoms with Gasteiger partial charge < -0.3 is 19.5 Å². The van der Waals surface area contributed by atoms with Gasteiger partial charge in [-0.05, 0) is 89.6 Å². The number of aliphatic hydroxyl groups is 1. The van der Waals surface area contributed by atoms with E-state index in [1.165, 1.54) is 11.8 Å². The second-order valence-electron chi connectivity index (χ2n) is 17.0. The lowest BCUT2D eigenvalue weighted by Gasteiger charge is -2.61. The molecule has 5 aliphatic carbocycles. The summed E-state index contributed by atoms with van der Waals surface area (Å²) in [6.07, 6.45) is 7.82. The summed E-state index contributed by atoms with van der Waals surface area (Å²) in [4.78, 5) is 54.7. The SMILES string of the molecule is C=C(C(=O)[C@H](O)[C@@H](C)[C@H]1[C@@H](OC(C)=O)C[C@@]2(C)[C@@H]3CC[C@H]4[C@H](C)C(=O)C=C[C@@]45C[C@@]35CC[C@]12C)[C@@H](C)COC(=O)N1CC[NH+](C)CC1. The van der Waals surface area contributed by atoms with E-state index in [0.717, 1.165) is 45.2 Å². The molecule has 1 amide bonds. The Morgan fingerprint density at radius 2 is 1.81 bits per heavy atom. The van der Waals surface area contributed by atoms with Gasteiger partial charge in [0.2, 0.25) is 0 Å². The van der Waals surface area contributed by atoms with Gasteiger partial charge in [0.1, 0.15) is 12.2 Å². The third-order valence-corrected chi connectivity index (χ3v) is 14.9. The number of fused-ring (bicyclic) bond motifs is 2. The zero-order chi connectivity index (χ0) is 34.3. The quantitative estimate of drug-likeness (QED) is 0.304.